The summed E-state index contributed by atoms with van der Waals surface area (Å²) in [6.07, 6.45) is 4.41. The third-order valence-electron chi connectivity index (χ3n) is 7.91. The molecule has 4 fully saturated rings. The highest BCUT2D eigenvalue weighted by Crippen LogP contribution is 2.41. The molecule has 0 aromatic heterocycles. The van der Waals surface area contributed by atoms with Gasteiger partial charge in [0.2, 0.25) is 0 Å². The molecule has 1 amide bonds. The van der Waals surface area contributed by atoms with Crippen molar-refractivity contribution in [2.24, 2.45) is 11.8 Å². The van der Waals surface area contributed by atoms with E-state index in [2.05, 4.69) is 10.6 Å². The Hall–Kier alpha value is -2.20. The van der Waals surface area contributed by atoms with Gasteiger partial charge in [-0.3, -0.25) is 19.2 Å². The van der Waals surface area contributed by atoms with Crippen LogP contribution in [0.25, 0.3) is 0 Å². The molecule has 4 aliphatic rings. The predicted molar refractivity (Wildman–Crippen MR) is 123 cm³/mol. The van der Waals surface area contributed by atoms with Gasteiger partial charge in [-0.1, -0.05) is 25.7 Å². The van der Waals surface area contributed by atoms with Crippen LogP contribution in [0.3, 0.4) is 0 Å². The molecule has 10 nitrogen and oxygen atoms in total. The first-order valence-corrected chi connectivity index (χ1v) is 12.9. The highest BCUT2D eigenvalue weighted by molar-refractivity contribution is 5.83. The highest BCUT2D eigenvalue weighted by atomic mass is 16.6. The smallest absolute Gasteiger partial charge is 0.303 e. The topological polar surface area (TPSA) is 129 Å². The van der Waals surface area contributed by atoms with Gasteiger partial charge in [0, 0.05) is 38.9 Å². The second-order valence-corrected chi connectivity index (χ2v) is 10.4. The average molecular weight is 495 g/mol. The summed E-state index contributed by atoms with van der Waals surface area (Å²) in [4.78, 5) is 49.0. The number of fused-ring (bicyclic) bond motifs is 2. The van der Waals surface area contributed by atoms with Crippen molar-refractivity contribution in [3.05, 3.63) is 0 Å². The predicted octanol–water partition coefficient (Wildman–Crippen LogP) is 1.39. The summed E-state index contributed by atoms with van der Waals surface area (Å²) < 4.78 is 21.9. The molecule has 0 spiro atoms. The summed E-state index contributed by atoms with van der Waals surface area (Å²) >= 11 is 0. The van der Waals surface area contributed by atoms with E-state index in [4.69, 9.17) is 18.9 Å². The van der Waals surface area contributed by atoms with E-state index in [9.17, 15) is 19.2 Å². The Labute approximate surface area is 206 Å². The van der Waals surface area contributed by atoms with Gasteiger partial charge >= 0.3 is 17.9 Å². The molecular weight excluding hydrogens is 456 g/mol. The first kappa shape index (κ1) is 25.9. The van der Waals surface area contributed by atoms with Crippen LogP contribution in [0.15, 0.2) is 0 Å². The van der Waals surface area contributed by atoms with Crippen molar-refractivity contribution in [1.82, 2.24) is 10.6 Å². The van der Waals surface area contributed by atoms with Gasteiger partial charge in [0.25, 0.3) is 5.91 Å². The molecule has 2 saturated heterocycles. The number of piperidine rings is 1. The fraction of sp³-hybridized carbons (Fsp3) is 0.840. The normalized spacial score (nSPS) is 38.8. The summed E-state index contributed by atoms with van der Waals surface area (Å²) in [5, 5.41) is 7.15. The summed E-state index contributed by atoms with van der Waals surface area (Å²) in [7, 11) is 0. The number of rotatable bonds is 5. The first-order chi connectivity index (χ1) is 16.7. The summed E-state index contributed by atoms with van der Waals surface area (Å²) in [5.41, 5.74) is 0. The van der Waals surface area contributed by atoms with Gasteiger partial charge in [0.05, 0.1) is 6.61 Å². The van der Waals surface area contributed by atoms with Crippen LogP contribution in [0.5, 0.6) is 0 Å². The minimum absolute atomic E-state index is 0.000651. The largest absolute Gasteiger partial charge is 0.456 e. The average Bonchev–Trinajstić information content (AvgIpc) is 2.80. The Kier molecular flexibility index (Phi) is 8.31. The van der Waals surface area contributed by atoms with Gasteiger partial charge in [-0.25, -0.2) is 0 Å². The van der Waals surface area contributed by atoms with Crippen molar-refractivity contribution in [1.29, 1.82) is 0 Å². The molecule has 35 heavy (non-hydrogen) atoms. The molecule has 0 radical (unpaired) electrons. The van der Waals surface area contributed by atoms with Crippen LogP contribution >= 0.6 is 0 Å². The second-order valence-electron chi connectivity index (χ2n) is 10.4. The zero-order valence-electron chi connectivity index (χ0n) is 20.8. The van der Waals surface area contributed by atoms with Crippen LogP contribution in [0, 0.1) is 11.8 Å². The second kappa shape index (κ2) is 11.2. The molecule has 2 N–H and O–H groups in total. The van der Waals surface area contributed by atoms with Gasteiger partial charge in [-0.2, -0.15) is 0 Å². The number of carbonyl (C=O) groups is 4. The van der Waals surface area contributed by atoms with E-state index in [-0.39, 0.29) is 12.6 Å². The molecule has 4 rings (SSSR count). The van der Waals surface area contributed by atoms with Crippen LogP contribution in [0.2, 0.25) is 0 Å². The lowest BCUT2D eigenvalue weighted by molar-refractivity contribution is -0.224. The Bertz CT molecular complexity index is 797. The van der Waals surface area contributed by atoms with Gasteiger partial charge in [-0.05, 0) is 37.5 Å². The molecule has 2 aliphatic carbocycles. The molecule has 0 aromatic rings. The number of amides is 1. The van der Waals surface area contributed by atoms with Gasteiger partial charge in [0.15, 0.2) is 24.4 Å². The maximum Gasteiger partial charge on any atom is 0.303 e. The Balaban J connectivity index is 1.56. The first-order valence-electron chi connectivity index (χ1n) is 12.9. The maximum atomic E-state index is 13.7. The van der Waals surface area contributed by atoms with Gasteiger partial charge in [0.1, 0.15) is 0 Å². The molecule has 10 heteroatoms. The standard InChI is InChI=1S/C25H38N2O8/c1-13(28)33-20-12-32-24(23(35-15(3)30)22(20)34-14(2)29)25(31)27-21-16-8-4-6-10-18(16)26-19-11-7-5-9-17(19)21/h16-24,26H,4-12H2,1-3H3,(H,27,31). The minimum atomic E-state index is -1.24. The molecule has 0 bridgehead atoms. The van der Waals surface area contributed by atoms with Crippen LogP contribution < -0.4 is 10.6 Å². The SMILES string of the molecule is CC(=O)OC1COC(C(=O)NC2C3CCCCC3NC3CCCCC32)C(OC(C)=O)C1OC(C)=O. The van der Waals surface area contributed by atoms with E-state index >= 15 is 0 Å². The molecular formula is C25H38N2O8. The molecule has 2 heterocycles. The number of hydrogen-bond donors (Lipinski definition) is 2. The van der Waals surface area contributed by atoms with Crippen molar-refractivity contribution in [2.45, 2.75) is 115 Å². The van der Waals surface area contributed by atoms with Crippen LogP contribution in [0.1, 0.15) is 72.1 Å². The molecule has 8 atom stereocenters. The summed E-state index contributed by atoms with van der Waals surface area (Å²) in [6, 6.07) is 0.762. The van der Waals surface area contributed by atoms with Crippen LogP contribution in [-0.4, -0.2) is 73.0 Å². The number of ether oxygens (including phenoxy) is 4. The Morgan fingerprint density at radius 2 is 1.26 bits per heavy atom. The monoisotopic (exact) mass is 494 g/mol. The van der Waals surface area contributed by atoms with E-state index in [0.29, 0.717) is 23.9 Å². The quantitative estimate of drug-likeness (QED) is 0.430. The van der Waals surface area contributed by atoms with Crippen LogP contribution in [0.4, 0.5) is 0 Å². The van der Waals surface area contributed by atoms with Crippen molar-refractivity contribution < 1.29 is 38.1 Å². The van der Waals surface area contributed by atoms with E-state index in [0.717, 1.165) is 38.5 Å². The zero-order valence-corrected chi connectivity index (χ0v) is 20.8. The lowest BCUT2D eigenvalue weighted by atomic mass is 9.66. The number of carbonyl (C=O) groups excluding carboxylic acids is 4. The third kappa shape index (κ3) is 5.97. The third-order valence-corrected chi connectivity index (χ3v) is 7.91. The lowest BCUT2D eigenvalue weighted by Gasteiger charge is -2.52. The number of nitrogens with one attached hydrogen (secondary N) is 2. The molecule has 0 aromatic carbocycles. The molecule has 2 saturated carbocycles. The molecule has 8 unspecified atom stereocenters. The number of hydrogen-bond acceptors (Lipinski definition) is 9. The van der Waals surface area contributed by atoms with Crippen molar-refractivity contribution in [3.63, 3.8) is 0 Å². The maximum absolute atomic E-state index is 13.7. The Morgan fingerprint density at radius 3 is 1.80 bits per heavy atom. The molecule has 196 valence electrons. The Morgan fingerprint density at radius 1 is 0.743 bits per heavy atom. The highest BCUT2D eigenvalue weighted by Gasteiger charge is 2.52. The fourth-order valence-electron chi connectivity index (χ4n) is 6.61. The van der Waals surface area contributed by atoms with Crippen molar-refractivity contribution in [3.8, 4) is 0 Å². The van der Waals surface area contributed by atoms with Gasteiger partial charge in [-0.15, -0.1) is 0 Å². The number of esters is 3. The van der Waals surface area contributed by atoms with E-state index in [1.165, 1.54) is 33.6 Å². The fourth-order valence-corrected chi connectivity index (χ4v) is 6.61. The summed E-state index contributed by atoms with van der Waals surface area (Å²) in [6.45, 7) is 3.49. The minimum Gasteiger partial charge on any atom is -0.456 e. The van der Waals surface area contributed by atoms with E-state index in [1.807, 2.05) is 0 Å². The van der Waals surface area contributed by atoms with E-state index in [1.54, 1.807) is 0 Å². The molecule has 2 aliphatic heterocycles. The van der Waals surface area contributed by atoms with Gasteiger partial charge < -0.3 is 29.6 Å². The van der Waals surface area contributed by atoms with Crippen LogP contribution in [-0.2, 0) is 38.1 Å². The van der Waals surface area contributed by atoms with E-state index < -0.39 is 48.2 Å². The van der Waals surface area contributed by atoms with Crippen molar-refractivity contribution in [2.75, 3.05) is 6.61 Å². The van der Waals surface area contributed by atoms with Crippen molar-refractivity contribution >= 4 is 23.8 Å². The summed E-state index contributed by atoms with van der Waals surface area (Å²) in [5.74, 6) is -1.61. The zero-order chi connectivity index (χ0) is 25.1. The lowest BCUT2D eigenvalue weighted by Crippen LogP contribution is -2.68.